The lowest BCUT2D eigenvalue weighted by Gasteiger charge is -2.29. The van der Waals surface area contributed by atoms with Crippen molar-refractivity contribution in [3.05, 3.63) is 34.3 Å². The van der Waals surface area contributed by atoms with Gasteiger partial charge in [0.1, 0.15) is 5.54 Å². The minimum absolute atomic E-state index is 0.0584. The van der Waals surface area contributed by atoms with E-state index in [9.17, 15) is 4.79 Å². The number of halogens is 1. The molecule has 0 unspecified atom stereocenters. The molecule has 0 radical (unpaired) electrons. The zero-order chi connectivity index (χ0) is 14.8. The van der Waals surface area contributed by atoms with Gasteiger partial charge in [0.2, 0.25) is 0 Å². The number of amidine groups is 1. The number of rotatable bonds is 3. The van der Waals surface area contributed by atoms with E-state index in [0.29, 0.717) is 23.4 Å². The van der Waals surface area contributed by atoms with Crippen LogP contribution in [-0.2, 0) is 0 Å². The van der Waals surface area contributed by atoms with Crippen molar-refractivity contribution in [3.8, 4) is 0 Å². The van der Waals surface area contributed by atoms with Crippen LogP contribution in [0.2, 0.25) is 5.02 Å². The first-order chi connectivity index (χ1) is 9.48. The molecule has 0 saturated heterocycles. The quantitative estimate of drug-likeness (QED) is 0.346. The molecule has 1 aliphatic carbocycles. The molecule has 1 amide bonds. The SMILES string of the molecule is Cc1ccc(Cl)cc1C(=O)NC1(/C(N)=N/O)CCCC1. The van der Waals surface area contributed by atoms with Crippen LogP contribution in [0.5, 0.6) is 0 Å². The Kier molecular flexibility index (Phi) is 4.18. The topological polar surface area (TPSA) is 87.7 Å². The molecule has 0 heterocycles. The second-order valence-corrected chi connectivity index (χ2v) is 5.62. The standard InChI is InChI=1S/C14H18ClN3O2/c1-9-4-5-10(15)8-11(9)12(19)17-14(13(16)18-20)6-2-3-7-14/h4-5,8,20H,2-3,6-7H2,1H3,(H2,16,18)(H,17,19). The van der Waals surface area contributed by atoms with E-state index in [0.717, 1.165) is 18.4 Å². The number of nitrogens with one attached hydrogen (secondary N) is 1. The first-order valence-electron chi connectivity index (χ1n) is 6.55. The summed E-state index contributed by atoms with van der Waals surface area (Å²) in [5.74, 6) is -0.193. The Labute approximate surface area is 122 Å². The van der Waals surface area contributed by atoms with Crippen LogP contribution in [0.25, 0.3) is 0 Å². The normalized spacial score (nSPS) is 18.0. The van der Waals surface area contributed by atoms with Crippen molar-refractivity contribution >= 4 is 23.3 Å². The Morgan fingerprint density at radius 2 is 2.10 bits per heavy atom. The highest BCUT2D eigenvalue weighted by molar-refractivity contribution is 6.31. The monoisotopic (exact) mass is 295 g/mol. The zero-order valence-corrected chi connectivity index (χ0v) is 12.1. The van der Waals surface area contributed by atoms with Crippen molar-refractivity contribution in [2.75, 3.05) is 0 Å². The van der Waals surface area contributed by atoms with Gasteiger partial charge in [-0.05, 0) is 37.5 Å². The molecule has 4 N–H and O–H groups in total. The van der Waals surface area contributed by atoms with Crippen LogP contribution in [0.4, 0.5) is 0 Å². The third-order valence-corrected chi connectivity index (χ3v) is 4.09. The molecular weight excluding hydrogens is 278 g/mol. The fourth-order valence-corrected chi connectivity index (χ4v) is 2.82. The minimum atomic E-state index is -0.749. The predicted molar refractivity (Wildman–Crippen MR) is 78.3 cm³/mol. The van der Waals surface area contributed by atoms with Crippen molar-refractivity contribution in [3.63, 3.8) is 0 Å². The molecule has 0 aliphatic heterocycles. The second kappa shape index (κ2) is 5.71. The molecule has 6 heteroatoms. The molecule has 0 bridgehead atoms. The van der Waals surface area contributed by atoms with E-state index < -0.39 is 5.54 Å². The van der Waals surface area contributed by atoms with E-state index in [1.807, 2.05) is 6.92 Å². The number of carbonyl (C=O) groups is 1. The second-order valence-electron chi connectivity index (χ2n) is 5.19. The molecule has 1 saturated carbocycles. The highest BCUT2D eigenvalue weighted by Gasteiger charge is 2.40. The lowest BCUT2D eigenvalue weighted by atomic mass is 9.95. The number of hydrogen-bond acceptors (Lipinski definition) is 3. The van der Waals surface area contributed by atoms with E-state index in [-0.39, 0.29) is 11.7 Å². The number of benzene rings is 1. The molecule has 0 atom stereocenters. The zero-order valence-electron chi connectivity index (χ0n) is 11.3. The molecular formula is C14H18ClN3O2. The van der Waals surface area contributed by atoms with Crippen molar-refractivity contribution < 1.29 is 10.0 Å². The highest BCUT2D eigenvalue weighted by Crippen LogP contribution is 2.30. The maximum absolute atomic E-state index is 12.4. The summed E-state index contributed by atoms with van der Waals surface area (Å²) in [6, 6.07) is 5.16. The van der Waals surface area contributed by atoms with Gasteiger partial charge in [0.05, 0.1) is 0 Å². The van der Waals surface area contributed by atoms with Gasteiger partial charge in [-0.3, -0.25) is 4.79 Å². The summed E-state index contributed by atoms with van der Waals surface area (Å²) in [6.07, 6.45) is 3.22. The van der Waals surface area contributed by atoms with Gasteiger partial charge in [-0.2, -0.15) is 0 Å². The van der Waals surface area contributed by atoms with Gasteiger partial charge in [0.25, 0.3) is 5.91 Å². The van der Waals surface area contributed by atoms with Gasteiger partial charge in [0.15, 0.2) is 5.84 Å². The van der Waals surface area contributed by atoms with Crippen LogP contribution < -0.4 is 11.1 Å². The summed E-state index contributed by atoms with van der Waals surface area (Å²) >= 11 is 5.93. The van der Waals surface area contributed by atoms with Crippen LogP contribution in [0.3, 0.4) is 0 Å². The number of carbonyl (C=O) groups excluding carboxylic acids is 1. The Balaban J connectivity index is 2.27. The van der Waals surface area contributed by atoms with Gasteiger partial charge < -0.3 is 16.3 Å². The molecule has 1 aromatic carbocycles. The summed E-state index contributed by atoms with van der Waals surface area (Å²) in [4.78, 5) is 12.4. The van der Waals surface area contributed by atoms with E-state index in [1.54, 1.807) is 18.2 Å². The molecule has 1 fully saturated rings. The molecule has 108 valence electrons. The molecule has 2 rings (SSSR count). The summed E-state index contributed by atoms with van der Waals surface area (Å²) in [5.41, 5.74) is 6.36. The highest BCUT2D eigenvalue weighted by atomic mass is 35.5. The smallest absolute Gasteiger partial charge is 0.252 e. The van der Waals surface area contributed by atoms with E-state index >= 15 is 0 Å². The van der Waals surface area contributed by atoms with E-state index in [4.69, 9.17) is 22.5 Å². The van der Waals surface area contributed by atoms with E-state index in [1.165, 1.54) is 0 Å². The summed E-state index contributed by atoms with van der Waals surface area (Å²) in [6.45, 7) is 1.84. The van der Waals surface area contributed by atoms with Crippen LogP contribution in [0, 0.1) is 6.92 Å². The van der Waals surface area contributed by atoms with Gasteiger partial charge in [-0.25, -0.2) is 0 Å². The average molecular weight is 296 g/mol. The maximum atomic E-state index is 12.4. The lowest BCUT2D eigenvalue weighted by molar-refractivity contribution is 0.0922. The first kappa shape index (κ1) is 14.7. The van der Waals surface area contributed by atoms with E-state index in [2.05, 4.69) is 10.5 Å². The Hall–Kier alpha value is -1.75. The molecule has 20 heavy (non-hydrogen) atoms. The van der Waals surface area contributed by atoms with Crippen molar-refractivity contribution in [2.24, 2.45) is 10.9 Å². The molecule has 0 aromatic heterocycles. The lowest BCUT2D eigenvalue weighted by Crippen LogP contribution is -2.55. The Bertz CT molecular complexity index is 551. The third-order valence-electron chi connectivity index (χ3n) is 3.85. The van der Waals surface area contributed by atoms with Gasteiger partial charge in [0, 0.05) is 10.6 Å². The molecule has 1 aliphatic rings. The Morgan fingerprint density at radius 1 is 1.45 bits per heavy atom. The predicted octanol–water partition coefficient (Wildman–Crippen LogP) is 2.44. The fraction of sp³-hybridized carbons (Fsp3) is 0.429. The number of nitrogens with zero attached hydrogens (tertiary/aromatic N) is 1. The van der Waals surface area contributed by atoms with Gasteiger partial charge in [-0.1, -0.05) is 35.7 Å². The number of aryl methyl sites for hydroxylation is 1. The maximum Gasteiger partial charge on any atom is 0.252 e. The first-order valence-corrected chi connectivity index (χ1v) is 6.93. The number of amides is 1. The van der Waals surface area contributed by atoms with Crippen LogP contribution >= 0.6 is 11.6 Å². The fourth-order valence-electron chi connectivity index (χ4n) is 2.64. The number of nitrogens with two attached hydrogens (primary N) is 1. The molecule has 0 spiro atoms. The average Bonchev–Trinajstić information content (AvgIpc) is 2.90. The third kappa shape index (κ3) is 2.72. The number of hydrogen-bond donors (Lipinski definition) is 3. The summed E-state index contributed by atoms with van der Waals surface area (Å²) in [7, 11) is 0. The van der Waals surface area contributed by atoms with Crippen molar-refractivity contribution in [2.45, 2.75) is 38.1 Å². The number of oxime groups is 1. The van der Waals surface area contributed by atoms with Crippen LogP contribution in [-0.4, -0.2) is 22.5 Å². The summed E-state index contributed by atoms with van der Waals surface area (Å²) in [5, 5.41) is 15.4. The van der Waals surface area contributed by atoms with Gasteiger partial charge >= 0.3 is 0 Å². The van der Waals surface area contributed by atoms with Crippen LogP contribution in [0.1, 0.15) is 41.6 Å². The Morgan fingerprint density at radius 3 is 2.70 bits per heavy atom. The molecule has 5 nitrogen and oxygen atoms in total. The van der Waals surface area contributed by atoms with Gasteiger partial charge in [-0.15, -0.1) is 0 Å². The summed E-state index contributed by atoms with van der Waals surface area (Å²) < 4.78 is 0. The minimum Gasteiger partial charge on any atom is -0.409 e. The largest absolute Gasteiger partial charge is 0.409 e. The van der Waals surface area contributed by atoms with Crippen LogP contribution in [0.15, 0.2) is 23.4 Å². The van der Waals surface area contributed by atoms with Crippen molar-refractivity contribution in [1.82, 2.24) is 5.32 Å². The van der Waals surface area contributed by atoms with Crippen molar-refractivity contribution in [1.29, 1.82) is 0 Å². The molecule has 1 aromatic rings.